The molecule has 2 aromatic rings. The van der Waals surface area contributed by atoms with Crippen LogP contribution >= 0.6 is 11.8 Å². The van der Waals surface area contributed by atoms with Gasteiger partial charge >= 0.3 is 0 Å². The normalized spacial score (nSPS) is 12.5. The maximum absolute atomic E-state index is 8.98. The van der Waals surface area contributed by atoms with Crippen molar-refractivity contribution in [1.82, 2.24) is 9.55 Å². The SMILES string of the molecule is CCC(CSC)n1c(N)nc2ccc(C#N)cc21. The standard InChI is InChI=1S/C13H16N4S/c1-3-10(8-18-2)17-12-6-9(7-14)4-5-11(12)16-13(17)15/h4-6,10H,3,8H2,1-2H3,(H2,15,16). The molecule has 1 atom stereocenters. The van der Waals surface area contributed by atoms with Crippen molar-refractivity contribution >= 4 is 28.7 Å². The van der Waals surface area contributed by atoms with Crippen LogP contribution < -0.4 is 5.73 Å². The minimum atomic E-state index is 0.318. The fourth-order valence-corrected chi connectivity index (χ4v) is 2.90. The summed E-state index contributed by atoms with van der Waals surface area (Å²) in [7, 11) is 0. The van der Waals surface area contributed by atoms with Gasteiger partial charge in [-0.15, -0.1) is 0 Å². The molecule has 0 saturated heterocycles. The third-order valence-corrected chi connectivity index (χ3v) is 3.76. The smallest absolute Gasteiger partial charge is 0.201 e. The second-order valence-corrected chi connectivity index (χ2v) is 5.08. The van der Waals surface area contributed by atoms with Crippen LogP contribution in [0.3, 0.4) is 0 Å². The molecule has 0 bridgehead atoms. The van der Waals surface area contributed by atoms with E-state index in [1.807, 2.05) is 16.7 Å². The Bertz CT molecular complexity index is 597. The number of thioether (sulfide) groups is 1. The fourth-order valence-electron chi connectivity index (χ4n) is 2.13. The van der Waals surface area contributed by atoms with Crippen molar-refractivity contribution in [1.29, 1.82) is 5.26 Å². The van der Waals surface area contributed by atoms with Crippen LogP contribution in [0.4, 0.5) is 5.95 Å². The molecule has 4 nitrogen and oxygen atoms in total. The van der Waals surface area contributed by atoms with Crippen molar-refractivity contribution in [3.63, 3.8) is 0 Å². The maximum Gasteiger partial charge on any atom is 0.201 e. The molecule has 18 heavy (non-hydrogen) atoms. The Labute approximate surface area is 111 Å². The molecule has 2 rings (SSSR count). The van der Waals surface area contributed by atoms with Crippen LogP contribution in [0, 0.1) is 11.3 Å². The number of anilines is 1. The molecule has 2 N–H and O–H groups in total. The number of nitrogens with two attached hydrogens (primary N) is 1. The molecular formula is C13H16N4S. The Kier molecular flexibility index (Phi) is 3.78. The highest BCUT2D eigenvalue weighted by Crippen LogP contribution is 2.27. The summed E-state index contributed by atoms with van der Waals surface area (Å²) in [5.41, 5.74) is 8.46. The van der Waals surface area contributed by atoms with E-state index in [9.17, 15) is 0 Å². The average molecular weight is 260 g/mol. The second-order valence-electron chi connectivity index (χ2n) is 4.17. The summed E-state index contributed by atoms with van der Waals surface area (Å²) >= 11 is 1.79. The van der Waals surface area contributed by atoms with E-state index in [-0.39, 0.29) is 0 Å². The van der Waals surface area contributed by atoms with Crippen LogP contribution in [-0.2, 0) is 0 Å². The summed E-state index contributed by atoms with van der Waals surface area (Å²) in [5.74, 6) is 1.52. The Balaban J connectivity index is 2.60. The molecule has 0 spiro atoms. The second kappa shape index (κ2) is 5.32. The zero-order valence-electron chi connectivity index (χ0n) is 10.6. The van der Waals surface area contributed by atoms with E-state index in [1.165, 1.54) is 0 Å². The highest BCUT2D eigenvalue weighted by Gasteiger charge is 2.16. The quantitative estimate of drug-likeness (QED) is 0.917. The lowest BCUT2D eigenvalue weighted by molar-refractivity contribution is 0.561. The molecule has 1 aromatic carbocycles. The number of aromatic nitrogens is 2. The number of nitrogen functional groups attached to an aromatic ring is 1. The molecule has 0 aliphatic rings. The predicted octanol–water partition coefficient (Wildman–Crippen LogP) is 2.80. The molecule has 94 valence electrons. The van der Waals surface area contributed by atoms with Crippen molar-refractivity contribution < 1.29 is 0 Å². The van der Waals surface area contributed by atoms with Gasteiger partial charge in [0.05, 0.1) is 22.7 Å². The third kappa shape index (κ3) is 2.16. The van der Waals surface area contributed by atoms with E-state index < -0.39 is 0 Å². The van der Waals surface area contributed by atoms with Gasteiger partial charge in [0.2, 0.25) is 5.95 Å². The summed E-state index contributed by atoms with van der Waals surface area (Å²) in [4.78, 5) is 4.36. The van der Waals surface area contributed by atoms with Gasteiger partial charge < -0.3 is 10.3 Å². The first kappa shape index (κ1) is 12.8. The Hall–Kier alpha value is -1.67. The number of hydrogen-bond acceptors (Lipinski definition) is 4. The number of nitrogens with zero attached hydrogens (tertiary/aromatic N) is 3. The van der Waals surface area contributed by atoms with Gasteiger partial charge in [0, 0.05) is 11.8 Å². The number of rotatable bonds is 4. The number of nitriles is 1. The number of imidazole rings is 1. The first-order valence-electron chi connectivity index (χ1n) is 5.87. The lowest BCUT2D eigenvalue weighted by Crippen LogP contribution is -2.13. The van der Waals surface area contributed by atoms with Gasteiger partial charge in [0.25, 0.3) is 0 Å². The van der Waals surface area contributed by atoms with E-state index >= 15 is 0 Å². The Morgan fingerprint density at radius 3 is 2.94 bits per heavy atom. The highest BCUT2D eigenvalue weighted by molar-refractivity contribution is 7.98. The van der Waals surface area contributed by atoms with Gasteiger partial charge in [-0.2, -0.15) is 17.0 Å². The van der Waals surface area contributed by atoms with Gasteiger partial charge in [0.1, 0.15) is 0 Å². The van der Waals surface area contributed by atoms with Crippen LogP contribution in [0.25, 0.3) is 11.0 Å². The fraction of sp³-hybridized carbons (Fsp3) is 0.385. The molecule has 0 aliphatic heterocycles. The van der Waals surface area contributed by atoms with Gasteiger partial charge in [-0.25, -0.2) is 4.98 Å². The van der Waals surface area contributed by atoms with E-state index in [0.29, 0.717) is 17.6 Å². The molecule has 0 aliphatic carbocycles. The molecule has 0 radical (unpaired) electrons. The van der Waals surface area contributed by atoms with Crippen molar-refractivity contribution in [2.75, 3.05) is 17.7 Å². The van der Waals surface area contributed by atoms with Gasteiger partial charge in [-0.05, 0) is 30.9 Å². The van der Waals surface area contributed by atoms with Crippen molar-refractivity contribution in [3.05, 3.63) is 23.8 Å². The maximum atomic E-state index is 8.98. The van der Waals surface area contributed by atoms with Gasteiger partial charge in [-0.3, -0.25) is 0 Å². The topological polar surface area (TPSA) is 67.6 Å². The van der Waals surface area contributed by atoms with Crippen molar-refractivity contribution in [2.24, 2.45) is 0 Å². The predicted molar refractivity (Wildman–Crippen MR) is 76.6 cm³/mol. The Morgan fingerprint density at radius 2 is 2.33 bits per heavy atom. The summed E-state index contributed by atoms with van der Waals surface area (Å²) in [6.45, 7) is 2.14. The minimum Gasteiger partial charge on any atom is -0.369 e. The largest absolute Gasteiger partial charge is 0.369 e. The van der Waals surface area contributed by atoms with E-state index in [4.69, 9.17) is 11.0 Å². The summed E-state index contributed by atoms with van der Waals surface area (Å²) in [5, 5.41) is 8.98. The molecule has 0 amide bonds. The van der Waals surface area contributed by atoms with Gasteiger partial charge in [0.15, 0.2) is 0 Å². The van der Waals surface area contributed by atoms with Crippen LogP contribution in [0.15, 0.2) is 18.2 Å². The molecule has 1 aromatic heterocycles. The zero-order chi connectivity index (χ0) is 13.1. The molecule has 0 saturated carbocycles. The lowest BCUT2D eigenvalue weighted by Gasteiger charge is -2.17. The van der Waals surface area contributed by atoms with E-state index in [2.05, 4.69) is 24.2 Å². The molecular weight excluding hydrogens is 244 g/mol. The van der Waals surface area contributed by atoms with E-state index in [1.54, 1.807) is 17.8 Å². The number of fused-ring (bicyclic) bond motifs is 1. The van der Waals surface area contributed by atoms with E-state index in [0.717, 1.165) is 23.2 Å². The first-order valence-corrected chi connectivity index (χ1v) is 7.27. The third-order valence-electron chi connectivity index (χ3n) is 3.04. The molecule has 1 unspecified atom stereocenters. The van der Waals surface area contributed by atoms with Crippen LogP contribution in [0.2, 0.25) is 0 Å². The Morgan fingerprint density at radius 1 is 1.56 bits per heavy atom. The van der Waals surface area contributed by atoms with Crippen LogP contribution in [0.1, 0.15) is 24.9 Å². The first-order chi connectivity index (χ1) is 8.71. The summed E-state index contributed by atoms with van der Waals surface area (Å²) in [6.07, 6.45) is 3.08. The average Bonchev–Trinajstić information content (AvgIpc) is 2.71. The summed E-state index contributed by atoms with van der Waals surface area (Å²) < 4.78 is 2.05. The number of benzene rings is 1. The minimum absolute atomic E-state index is 0.318. The van der Waals surface area contributed by atoms with Crippen LogP contribution in [0.5, 0.6) is 0 Å². The number of hydrogen-bond donors (Lipinski definition) is 1. The molecule has 1 heterocycles. The van der Waals surface area contributed by atoms with Crippen molar-refractivity contribution in [2.45, 2.75) is 19.4 Å². The van der Waals surface area contributed by atoms with Gasteiger partial charge in [-0.1, -0.05) is 6.92 Å². The monoisotopic (exact) mass is 260 g/mol. The molecule has 0 fully saturated rings. The van der Waals surface area contributed by atoms with Crippen molar-refractivity contribution in [3.8, 4) is 6.07 Å². The summed E-state index contributed by atoms with van der Waals surface area (Å²) in [6, 6.07) is 7.96. The highest BCUT2D eigenvalue weighted by atomic mass is 32.2. The zero-order valence-corrected chi connectivity index (χ0v) is 11.4. The molecule has 5 heteroatoms. The van der Waals surface area contributed by atoms with Crippen LogP contribution in [-0.4, -0.2) is 21.6 Å². The lowest BCUT2D eigenvalue weighted by atomic mass is 10.2.